The number of pyridine rings is 1. The second kappa shape index (κ2) is 7.55. The second-order valence-electron chi connectivity index (χ2n) is 8.42. The minimum Gasteiger partial charge on any atom is -0.438 e. The number of aryl methyl sites for hydroxylation is 4. The van der Waals surface area contributed by atoms with E-state index in [-0.39, 0.29) is 0 Å². The van der Waals surface area contributed by atoms with Crippen LogP contribution in [-0.2, 0) is 0 Å². The van der Waals surface area contributed by atoms with Crippen molar-refractivity contribution in [1.82, 2.24) is 4.98 Å². The summed E-state index contributed by atoms with van der Waals surface area (Å²) in [6, 6.07) is 27.8. The maximum Gasteiger partial charge on any atom is 0.227 e. The van der Waals surface area contributed by atoms with Crippen LogP contribution >= 0.6 is 0 Å². The molecule has 31 heavy (non-hydrogen) atoms. The SMILES string of the molecule is Cc1cc(C)cc(-c2ccc3cc(-c4ccc(-c5c(C)cccc5C)cc4)oc3n2)c1. The van der Waals surface area contributed by atoms with Crippen LogP contribution in [0.25, 0.3) is 44.8 Å². The second-order valence-corrected chi connectivity index (χ2v) is 8.42. The summed E-state index contributed by atoms with van der Waals surface area (Å²) in [5.74, 6) is 0.841. The van der Waals surface area contributed by atoms with E-state index in [9.17, 15) is 0 Å². The molecule has 0 amide bonds. The van der Waals surface area contributed by atoms with E-state index in [0.29, 0.717) is 5.71 Å². The third kappa shape index (κ3) is 3.66. The van der Waals surface area contributed by atoms with E-state index in [1.54, 1.807) is 0 Å². The Bertz CT molecular complexity index is 1370. The molecule has 0 fully saturated rings. The molecule has 2 aromatic heterocycles. The summed E-state index contributed by atoms with van der Waals surface area (Å²) in [5.41, 5.74) is 11.4. The predicted molar refractivity (Wildman–Crippen MR) is 129 cm³/mol. The molecule has 0 aliphatic rings. The fourth-order valence-electron chi connectivity index (χ4n) is 4.41. The van der Waals surface area contributed by atoms with Crippen molar-refractivity contribution >= 4 is 11.1 Å². The van der Waals surface area contributed by atoms with Crippen LogP contribution in [0.1, 0.15) is 22.3 Å². The lowest BCUT2D eigenvalue weighted by molar-refractivity contribution is 0.619. The lowest BCUT2D eigenvalue weighted by Gasteiger charge is -2.10. The van der Waals surface area contributed by atoms with E-state index in [1.807, 2.05) is 0 Å². The highest BCUT2D eigenvalue weighted by Gasteiger charge is 2.11. The predicted octanol–water partition coefficient (Wildman–Crippen LogP) is 8.06. The molecular weight excluding hydrogens is 378 g/mol. The van der Waals surface area contributed by atoms with E-state index in [0.717, 1.165) is 28.0 Å². The molecule has 0 N–H and O–H groups in total. The number of hydrogen-bond donors (Lipinski definition) is 0. The van der Waals surface area contributed by atoms with Crippen molar-refractivity contribution in [1.29, 1.82) is 0 Å². The van der Waals surface area contributed by atoms with Gasteiger partial charge in [0.25, 0.3) is 0 Å². The first kappa shape index (κ1) is 19.3. The lowest BCUT2D eigenvalue weighted by Crippen LogP contribution is -1.87. The molecule has 0 aliphatic heterocycles. The Kier molecular flexibility index (Phi) is 4.71. The maximum absolute atomic E-state index is 6.16. The van der Waals surface area contributed by atoms with Crippen LogP contribution in [0, 0.1) is 27.7 Å². The van der Waals surface area contributed by atoms with Crippen LogP contribution in [0.3, 0.4) is 0 Å². The number of aromatic nitrogens is 1. The molecule has 0 saturated carbocycles. The van der Waals surface area contributed by atoms with Crippen molar-refractivity contribution in [3.63, 3.8) is 0 Å². The quantitative estimate of drug-likeness (QED) is 0.304. The standard InChI is InChI=1S/C29H25NO/c1-18-14-19(2)16-25(15-18)26-13-12-24-17-27(31-29(24)30-26)22-8-10-23(11-9-22)28-20(3)6-5-7-21(28)4/h5-17H,1-4H3. The molecule has 5 rings (SSSR count). The third-order valence-corrected chi connectivity index (χ3v) is 5.84. The average Bonchev–Trinajstić information content (AvgIpc) is 3.17. The van der Waals surface area contributed by atoms with Crippen LogP contribution in [0.2, 0.25) is 0 Å². The number of rotatable bonds is 3. The molecule has 0 atom stereocenters. The van der Waals surface area contributed by atoms with E-state index in [1.165, 1.54) is 33.4 Å². The zero-order chi connectivity index (χ0) is 21.5. The molecule has 0 aliphatic carbocycles. The smallest absolute Gasteiger partial charge is 0.227 e. The first-order valence-electron chi connectivity index (χ1n) is 10.6. The minimum atomic E-state index is 0.672. The highest BCUT2D eigenvalue weighted by atomic mass is 16.3. The number of furan rings is 1. The Morgan fingerprint density at radius 2 is 1.26 bits per heavy atom. The van der Waals surface area contributed by atoms with Gasteiger partial charge in [-0.2, -0.15) is 0 Å². The Labute approximate surface area is 183 Å². The first-order valence-corrected chi connectivity index (χ1v) is 10.6. The van der Waals surface area contributed by atoms with Gasteiger partial charge in [0, 0.05) is 16.5 Å². The average molecular weight is 404 g/mol. The van der Waals surface area contributed by atoms with Gasteiger partial charge in [-0.15, -0.1) is 0 Å². The molecule has 0 saturated heterocycles. The first-order chi connectivity index (χ1) is 15.0. The summed E-state index contributed by atoms with van der Waals surface area (Å²) >= 11 is 0. The Hall–Kier alpha value is -3.65. The molecule has 2 heteroatoms. The highest BCUT2D eigenvalue weighted by Crippen LogP contribution is 2.32. The Morgan fingerprint density at radius 3 is 1.94 bits per heavy atom. The highest BCUT2D eigenvalue weighted by molar-refractivity contribution is 5.83. The van der Waals surface area contributed by atoms with Crippen molar-refractivity contribution in [2.75, 3.05) is 0 Å². The summed E-state index contributed by atoms with van der Waals surface area (Å²) in [5, 5.41) is 1.02. The van der Waals surface area contributed by atoms with Gasteiger partial charge in [-0.05, 0) is 80.3 Å². The summed E-state index contributed by atoms with van der Waals surface area (Å²) in [4.78, 5) is 4.80. The van der Waals surface area contributed by atoms with E-state index in [4.69, 9.17) is 9.40 Å². The molecule has 2 nitrogen and oxygen atoms in total. The summed E-state index contributed by atoms with van der Waals surface area (Å²) in [6.45, 7) is 8.55. The van der Waals surface area contributed by atoms with Gasteiger partial charge in [-0.3, -0.25) is 0 Å². The Balaban J connectivity index is 1.51. The molecule has 0 radical (unpaired) electrons. The van der Waals surface area contributed by atoms with Crippen molar-refractivity contribution in [2.24, 2.45) is 0 Å². The lowest BCUT2D eigenvalue weighted by atomic mass is 9.95. The molecule has 0 spiro atoms. The van der Waals surface area contributed by atoms with E-state index < -0.39 is 0 Å². The van der Waals surface area contributed by atoms with Gasteiger partial charge >= 0.3 is 0 Å². The summed E-state index contributed by atoms with van der Waals surface area (Å²) in [7, 11) is 0. The fraction of sp³-hybridized carbons (Fsp3) is 0.138. The van der Waals surface area contributed by atoms with E-state index >= 15 is 0 Å². The molecule has 0 bridgehead atoms. The topological polar surface area (TPSA) is 26.0 Å². The molecule has 5 aromatic rings. The maximum atomic E-state index is 6.16. The van der Waals surface area contributed by atoms with Crippen LogP contribution in [0.15, 0.2) is 83.3 Å². The third-order valence-electron chi connectivity index (χ3n) is 5.84. The van der Waals surface area contributed by atoms with Gasteiger partial charge in [0.15, 0.2) is 0 Å². The number of hydrogen-bond acceptors (Lipinski definition) is 2. The molecule has 0 unspecified atom stereocenters. The van der Waals surface area contributed by atoms with Crippen LogP contribution in [-0.4, -0.2) is 4.98 Å². The largest absolute Gasteiger partial charge is 0.438 e. The van der Waals surface area contributed by atoms with Crippen LogP contribution < -0.4 is 0 Å². The zero-order valence-electron chi connectivity index (χ0n) is 18.4. The zero-order valence-corrected chi connectivity index (χ0v) is 18.4. The van der Waals surface area contributed by atoms with Gasteiger partial charge in [-0.25, -0.2) is 4.98 Å². The Morgan fingerprint density at radius 1 is 0.613 bits per heavy atom. The molecule has 3 aromatic carbocycles. The molecular formula is C29H25NO. The van der Waals surface area contributed by atoms with Crippen LogP contribution in [0.4, 0.5) is 0 Å². The van der Waals surface area contributed by atoms with Crippen molar-refractivity contribution in [3.8, 4) is 33.7 Å². The van der Waals surface area contributed by atoms with Gasteiger partial charge in [0.1, 0.15) is 5.76 Å². The van der Waals surface area contributed by atoms with Gasteiger partial charge < -0.3 is 4.42 Å². The minimum absolute atomic E-state index is 0.672. The monoisotopic (exact) mass is 403 g/mol. The fourth-order valence-corrected chi connectivity index (χ4v) is 4.41. The molecule has 2 heterocycles. The van der Waals surface area contributed by atoms with Crippen molar-refractivity contribution < 1.29 is 4.42 Å². The molecule has 152 valence electrons. The number of nitrogens with zero attached hydrogens (tertiary/aromatic N) is 1. The number of fused-ring (bicyclic) bond motifs is 1. The summed E-state index contributed by atoms with van der Waals surface area (Å²) < 4.78 is 6.16. The van der Waals surface area contributed by atoms with E-state index in [2.05, 4.69) is 107 Å². The normalized spacial score (nSPS) is 11.2. The van der Waals surface area contributed by atoms with Gasteiger partial charge in [-0.1, -0.05) is 59.7 Å². The van der Waals surface area contributed by atoms with Crippen molar-refractivity contribution in [2.45, 2.75) is 27.7 Å². The van der Waals surface area contributed by atoms with Gasteiger partial charge in [0.2, 0.25) is 5.71 Å². The van der Waals surface area contributed by atoms with Gasteiger partial charge in [0.05, 0.1) is 5.69 Å². The summed E-state index contributed by atoms with van der Waals surface area (Å²) in [6.07, 6.45) is 0. The van der Waals surface area contributed by atoms with Crippen molar-refractivity contribution in [3.05, 3.63) is 101 Å². The number of benzene rings is 3. The van der Waals surface area contributed by atoms with Crippen LogP contribution in [0.5, 0.6) is 0 Å².